The van der Waals surface area contributed by atoms with Gasteiger partial charge in [-0.1, -0.05) is 169 Å². The number of hydrogen-bond acceptors (Lipinski definition) is 14. The number of amides is 2. The van der Waals surface area contributed by atoms with E-state index < -0.39 is 64.3 Å². The zero-order valence-corrected chi connectivity index (χ0v) is 39.3. The summed E-state index contributed by atoms with van der Waals surface area (Å²) < 4.78 is 34.6. The van der Waals surface area contributed by atoms with Crippen molar-refractivity contribution in [3.8, 4) is 0 Å². The molecule has 4 heterocycles. The van der Waals surface area contributed by atoms with Crippen molar-refractivity contribution in [2.45, 2.75) is 34.8 Å². The quantitative estimate of drug-likeness (QED) is 0.0161. The van der Waals surface area contributed by atoms with E-state index in [1.807, 2.05) is 152 Å². The number of ether oxygens (including phenoxy) is 1. The van der Waals surface area contributed by atoms with E-state index in [0.29, 0.717) is 21.8 Å². The molecule has 70 heavy (non-hydrogen) atoms. The van der Waals surface area contributed by atoms with Gasteiger partial charge in [0.25, 0.3) is 11.8 Å². The molecule has 5 aromatic carbocycles. The number of fused-ring (bicyclic) bond motifs is 1. The highest BCUT2D eigenvalue weighted by atomic mass is 32.2. The molecule has 15 nitrogen and oxygen atoms in total. The van der Waals surface area contributed by atoms with Gasteiger partial charge in [0.15, 0.2) is 22.1 Å². The Morgan fingerprint density at radius 2 is 1.39 bits per heavy atom. The number of aromatic nitrogens is 4. The van der Waals surface area contributed by atoms with Crippen LogP contribution in [0.1, 0.15) is 39.6 Å². The fourth-order valence-corrected chi connectivity index (χ4v) is 11.3. The second kappa shape index (κ2) is 20.9. The van der Waals surface area contributed by atoms with Crippen LogP contribution in [0.2, 0.25) is 0 Å². The van der Waals surface area contributed by atoms with Gasteiger partial charge in [0, 0.05) is 23.9 Å². The lowest BCUT2D eigenvalue weighted by Crippen LogP contribution is -2.71. The molecule has 20 heteroatoms. The van der Waals surface area contributed by atoms with Gasteiger partial charge in [-0.15, -0.1) is 28.2 Å². The number of β-lactam (4-membered cyclic amide) rings is 1. The normalized spacial score (nSPS) is 15.9. The van der Waals surface area contributed by atoms with Gasteiger partial charge < -0.3 is 20.2 Å². The third-order valence-corrected chi connectivity index (χ3v) is 14.7. The van der Waals surface area contributed by atoms with Crippen molar-refractivity contribution >= 4 is 63.5 Å². The van der Waals surface area contributed by atoms with Crippen molar-refractivity contribution < 1.29 is 32.7 Å². The molecule has 354 valence electrons. The molecule has 0 radical (unpaired) electrons. The summed E-state index contributed by atoms with van der Waals surface area (Å²) in [6.07, 6.45) is -0.887. The summed E-state index contributed by atoms with van der Waals surface area (Å²) in [5.41, 5.74) is 0.790. The fourth-order valence-electron chi connectivity index (χ4n) is 8.16. The van der Waals surface area contributed by atoms with Crippen LogP contribution in [-0.2, 0) is 36.5 Å². The lowest BCUT2D eigenvalue weighted by Gasteiger charge is -2.49. The Balaban J connectivity index is 1.01. The molecule has 3 N–H and O–H groups in total. The van der Waals surface area contributed by atoms with Crippen LogP contribution in [0.5, 0.6) is 0 Å². The molecule has 2 atom stereocenters. The first-order chi connectivity index (χ1) is 34.0. The number of H-pyrrole nitrogens is 1. The molecule has 1 saturated heterocycles. The van der Waals surface area contributed by atoms with Crippen molar-refractivity contribution in [3.05, 3.63) is 223 Å². The predicted octanol–water partition coefficient (Wildman–Crippen LogP) is 7.05. The average molecular weight is 999 g/mol. The van der Waals surface area contributed by atoms with Crippen molar-refractivity contribution in [1.29, 1.82) is 0 Å². The number of oxime groups is 1. The minimum atomic E-state index is -3.39. The predicted molar refractivity (Wildman–Crippen MR) is 262 cm³/mol. The number of thiazole rings is 1. The van der Waals surface area contributed by atoms with E-state index >= 15 is 0 Å². The van der Waals surface area contributed by atoms with E-state index in [0.717, 1.165) is 44.4 Å². The summed E-state index contributed by atoms with van der Waals surface area (Å²) in [6.45, 7) is -3.39. The van der Waals surface area contributed by atoms with Gasteiger partial charge in [0.05, 0.1) is 0 Å². The maximum absolute atomic E-state index is 14.6. The van der Waals surface area contributed by atoms with Crippen LogP contribution in [0, 0.1) is 0 Å². The first kappa shape index (κ1) is 47.4. The summed E-state index contributed by atoms with van der Waals surface area (Å²) in [7, 11) is 1.39. The van der Waals surface area contributed by atoms with Crippen molar-refractivity contribution in [2.24, 2.45) is 12.2 Å². The van der Waals surface area contributed by atoms with Crippen LogP contribution in [-0.4, -0.2) is 77.7 Å². The van der Waals surface area contributed by atoms with E-state index in [1.165, 1.54) is 29.1 Å². The van der Waals surface area contributed by atoms with Crippen LogP contribution >= 0.6 is 34.9 Å². The Bertz CT molecular complexity index is 3060. The number of rotatable bonds is 17. The lowest BCUT2D eigenvalue weighted by molar-refractivity contribution is -0.154. The second-order valence-corrected chi connectivity index (χ2v) is 18.6. The minimum absolute atomic E-state index is 0.0424. The maximum Gasteiger partial charge on any atom is 0.407 e. The number of benzene rings is 5. The molecule has 1 fully saturated rings. The maximum atomic E-state index is 14.6. The van der Waals surface area contributed by atoms with Crippen molar-refractivity contribution in [2.75, 3.05) is 16.8 Å². The molecule has 0 spiro atoms. The number of anilines is 1. The van der Waals surface area contributed by atoms with Gasteiger partial charge in [-0.3, -0.25) is 28.6 Å². The summed E-state index contributed by atoms with van der Waals surface area (Å²) in [4.78, 5) is 77.8. The topological polar surface area (TPSA) is 190 Å². The number of thioether (sulfide) groups is 2. The number of nitrogens with one attached hydrogen (secondary N) is 3. The van der Waals surface area contributed by atoms with Gasteiger partial charge in [-0.05, 0) is 33.4 Å². The van der Waals surface area contributed by atoms with Gasteiger partial charge in [0.2, 0.25) is 0 Å². The first-order valence-electron chi connectivity index (χ1n) is 21.5. The first-order valence-corrected chi connectivity index (χ1v) is 24.4. The smallest absolute Gasteiger partial charge is 0.407 e. The van der Waals surface area contributed by atoms with E-state index in [4.69, 9.17) is 4.74 Å². The molecule has 0 bridgehead atoms. The number of hydrogen-bond donors (Lipinski definition) is 3. The molecule has 2 amide bonds. The zero-order chi connectivity index (χ0) is 48.8. The molecule has 2 aliphatic rings. The van der Waals surface area contributed by atoms with Gasteiger partial charge in [0.1, 0.15) is 28.3 Å². The highest BCUT2D eigenvalue weighted by Crippen LogP contribution is 2.44. The Morgan fingerprint density at radius 3 is 1.93 bits per heavy atom. The molecule has 2 aliphatic heterocycles. The zero-order valence-electron chi connectivity index (χ0n) is 36.8. The molecule has 2 unspecified atom stereocenters. The Kier molecular flexibility index (Phi) is 14.1. The number of esters is 1. The molecular weight excluding hydrogens is 959 g/mol. The number of carbonyl (C=O) groups excluding carboxylic acids is 3. The Labute approximate surface area is 410 Å². The molecule has 7 aromatic rings. The van der Waals surface area contributed by atoms with Crippen molar-refractivity contribution in [1.82, 2.24) is 30.0 Å². The SMILES string of the molecule is Cn1c(SCC2=C(C(=O)OC(c3ccccc3)c3ccccc3)N3C(=O)C(NC(=O)/C(=N\OC(F)F)c4csc(NC(c5ccccc5)(c5ccccc5)c5ccccc5)n4)C3SC2)n[nH]c(=O)c1=O. The molecular formula is C50H40F2N8O7S3. The lowest BCUT2D eigenvalue weighted by atomic mass is 9.77. The summed E-state index contributed by atoms with van der Waals surface area (Å²) in [5.74, 6) is -2.38. The van der Waals surface area contributed by atoms with Crippen LogP contribution < -0.4 is 21.8 Å². The van der Waals surface area contributed by atoms with E-state index in [2.05, 4.69) is 35.8 Å². The van der Waals surface area contributed by atoms with Crippen LogP contribution in [0.4, 0.5) is 13.9 Å². The number of halogens is 2. The van der Waals surface area contributed by atoms with Crippen LogP contribution in [0.15, 0.2) is 188 Å². The highest BCUT2D eigenvalue weighted by molar-refractivity contribution is 8.01. The number of carbonyl (C=O) groups is 3. The van der Waals surface area contributed by atoms with E-state index in [9.17, 15) is 32.8 Å². The summed E-state index contributed by atoms with van der Waals surface area (Å²) >= 11 is 3.39. The third-order valence-electron chi connectivity index (χ3n) is 11.5. The number of alkyl halides is 2. The fraction of sp³-hybridized carbons (Fsp3) is 0.160. The number of aromatic amines is 1. The average Bonchev–Trinajstić information content (AvgIpc) is 3.86. The van der Waals surface area contributed by atoms with Crippen molar-refractivity contribution in [3.63, 3.8) is 0 Å². The molecule has 0 saturated carbocycles. The Hall–Kier alpha value is -7.68. The molecule has 0 aliphatic carbocycles. The van der Waals surface area contributed by atoms with Gasteiger partial charge in [-0.2, -0.15) is 8.78 Å². The Morgan fingerprint density at radius 1 is 0.843 bits per heavy atom. The molecule has 9 rings (SSSR count). The van der Waals surface area contributed by atoms with Crippen LogP contribution in [0.3, 0.4) is 0 Å². The molecule has 2 aromatic heterocycles. The van der Waals surface area contributed by atoms with E-state index in [-0.39, 0.29) is 28.1 Å². The van der Waals surface area contributed by atoms with Crippen LogP contribution in [0.25, 0.3) is 0 Å². The third kappa shape index (κ3) is 9.65. The highest BCUT2D eigenvalue weighted by Gasteiger charge is 2.55. The van der Waals surface area contributed by atoms with E-state index in [1.54, 1.807) is 0 Å². The summed E-state index contributed by atoms with van der Waals surface area (Å²) in [6, 6.07) is 45.9. The summed E-state index contributed by atoms with van der Waals surface area (Å²) in [5, 5.41) is 17.0. The minimum Gasteiger partial charge on any atom is -0.448 e. The monoisotopic (exact) mass is 998 g/mol. The number of nitrogens with zero attached hydrogens (tertiary/aromatic N) is 5. The standard InChI is InChI=1S/C50H40F2N8O7S3/c1-59-44(64)42(62)56-57-49(59)70-28-32-27-68-45-38(43(63)60(45)39(32)46(65)66-40(30-17-7-2-8-18-30)31-19-9-3-10-20-31)54-41(61)37(58-67-47(51)52)36-29-69-48(53-36)55-50(33-21-11-4-12-22-33,34-23-13-5-14-24-34)35-25-15-6-16-26-35/h2-26,29,38,40,45,47H,27-28H2,1H3,(H,53,55)(H,54,61)(H,56,62)/b58-37-. The van der Waals surface area contributed by atoms with Gasteiger partial charge in [-0.25, -0.2) is 14.9 Å². The largest absolute Gasteiger partial charge is 0.448 e. The van der Waals surface area contributed by atoms with Gasteiger partial charge >= 0.3 is 23.7 Å². The second-order valence-electron chi connectivity index (χ2n) is 15.7.